The van der Waals surface area contributed by atoms with E-state index < -0.39 is 0 Å². The Morgan fingerprint density at radius 2 is 1.88 bits per heavy atom. The summed E-state index contributed by atoms with van der Waals surface area (Å²) >= 11 is 2.10. The molecule has 26 heavy (non-hydrogen) atoms. The molecule has 0 aliphatic carbocycles. The Morgan fingerprint density at radius 1 is 1.19 bits per heavy atom. The number of amides is 1. The zero-order valence-corrected chi connectivity index (χ0v) is 16.8. The lowest BCUT2D eigenvalue weighted by atomic mass is 10.2. The highest BCUT2D eigenvalue weighted by Gasteiger charge is 2.17. The third-order valence-corrected chi connectivity index (χ3v) is 4.98. The molecule has 0 radical (unpaired) electrons. The molecule has 3 rings (SSSR count). The van der Waals surface area contributed by atoms with Gasteiger partial charge in [-0.15, -0.1) is 0 Å². The topological polar surface area (TPSA) is 72.9 Å². The first kappa shape index (κ1) is 18.7. The third-order valence-electron chi connectivity index (χ3n) is 4.08. The lowest BCUT2D eigenvalue weighted by Crippen LogP contribution is -2.36. The van der Waals surface area contributed by atoms with Crippen molar-refractivity contribution < 1.29 is 19.0 Å². The molecular formula is C18H20IN3O4. The van der Waals surface area contributed by atoms with Crippen molar-refractivity contribution in [2.24, 2.45) is 0 Å². The number of benzene rings is 1. The molecule has 138 valence electrons. The first-order chi connectivity index (χ1) is 12.6. The molecule has 0 unspecified atom stereocenters. The van der Waals surface area contributed by atoms with Gasteiger partial charge in [-0.2, -0.15) is 0 Å². The first-order valence-electron chi connectivity index (χ1n) is 8.14. The Hall–Kier alpha value is -2.07. The van der Waals surface area contributed by atoms with Crippen LogP contribution in [-0.4, -0.2) is 51.4 Å². The maximum atomic E-state index is 12.6. The summed E-state index contributed by atoms with van der Waals surface area (Å²) in [5.74, 6) is 1.34. The molecule has 1 fully saturated rings. The number of hydrogen-bond acceptors (Lipinski definition) is 6. The number of carbonyl (C=O) groups excluding carboxylic acids is 1. The summed E-state index contributed by atoms with van der Waals surface area (Å²) in [6.45, 7) is 3.13. The second-order valence-electron chi connectivity index (χ2n) is 5.64. The number of ether oxygens (including phenoxy) is 3. The van der Waals surface area contributed by atoms with Gasteiger partial charge in [0, 0.05) is 16.7 Å². The van der Waals surface area contributed by atoms with Gasteiger partial charge >= 0.3 is 0 Å². The van der Waals surface area contributed by atoms with Crippen molar-refractivity contribution in [3.63, 3.8) is 0 Å². The summed E-state index contributed by atoms with van der Waals surface area (Å²) in [6, 6.07) is 7.19. The summed E-state index contributed by atoms with van der Waals surface area (Å²) in [5.41, 5.74) is 1.52. The van der Waals surface area contributed by atoms with Crippen molar-refractivity contribution in [1.82, 2.24) is 4.98 Å². The highest BCUT2D eigenvalue weighted by molar-refractivity contribution is 14.1. The minimum absolute atomic E-state index is 0.248. The minimum atomic E-state index is -0.248. The van der Waals surface area contributed by atoms with E-state index in [2.05, 4.69) is 37.8 Å². The average Bonchev–Trinajstić information content (AvgIpc) is 2.68. The fraction of sp³-hybridized carbons (Fsp3) is 0.333. The van der Waals surface area contributed by atoms with Crippen LogP contribution in [0.25, 0.3) is 0 Å². The van der Waals surface area contributed by atoms with Crippen LogP contribution in [0, 0.1) is 3.57 Å². The van der Waals surface area contributed by atoms with Gasteiger partial charge in [0.15, 0.2) is 11.5 Å². The first-order valence-corrected chi connectivity index (χ1v) is 9.22. The SMILES string of the molecule is COc1cc(I)c(C(=O)Nc2ccc(N3CCOCC3)cn2)cc1OC. The van der Waals surface area contributed by atoms with Crippen molar-refractivity contribution in [3.8, 4) is 11.5 Å². The lowest BCUT2D eigenvalue weighted by molar-refractivity contribution is 0.102. The van der Waals surface area contributed by atoms with E-state index in [1.54, 1.807) is 31.5 Å². The minimum Gasteiger partial charge on any atom is -0.493 e. The van der Waals surface area contributed by atoms with Crippen molar-refractivity contribution in [1.29, 1.82) is 0 Å². The molecule has 1 N–H and O–H groups in total. The number of pyridine rings is 1. The van der Waals surface area contributed by atoms with Gasteiger partial charge in [-0.25, -0.2) is 4.98 Å². The third kappa shape index (κ3) is 4.18. The van der Waals surface area contributed by atoms with E-state index in [9.17, 15) is 4.79 Å². The van der Waals surface area contributed by atoms with E-state index in [1.165, 1.54) is 7.11 Å². The number of hydrogen-bond donors (Lipinski definition) is 1. The average molecular weight is 469 g/mol. The molecule has 1 aromatic heterocycles. The maximum absolute atomic E-state index is 12.6. The number of carbonyl (C=O) groups is 1. The van der Waals surface area contributed by atoms with Crippen molar-refractivity contribution in [2.45, 2.75) is 0 Å². The van der Waals surface area contributed by atoms with E-state index in [0.717, 1.165) is 35.6 Å². The van der Waals surface area contributed by atoms with Gasteiger partial charge in [0.1, 0.15) is 5.82 Å². The van der Waals surface area contributed by atoms with Crippen LogP contribution < -0.4 is 19.7 Å². The molecule has 8 heteroatoms. The molecule has 0 atom stereocenters. The van der Waals surface area contributed by atoms with Gasteiger partial charge in [0.25, 0.3) is 5.91 Å². The quantitative estimate of drug-likeness (QED) is 0.680. The maximum Gasteiger partial charge on any atom is 0.258 e. The largest absolute Gasteiger partial charge is 0.493 e. The number of anilines is 2. The van der Waals surface area contributed by atoms with Crippen LogP contribution >= 0.6 is 22.6 Å². The van der Waals surface area contributed by atoms with Gasteiger partial charge in [-0.3, -0.25) is 4.79 Å². The normalized spacial score (nSPS) is 14.0. The fourth-order valence-electron chi connectivity index (χ4n) is 2.68. The highest BCUT2D eigenvalue weighted by Crippen LogP contribution is 2.31. The molecule has 0 saturated carbocycles. The number of morpholine rings is 1. The van der Waals surface area contributed by atoms with Crippen LogP contribution in [-0.2, 0) is 4.74 Å². The Kier molecular flexibility index (Phi) is 6.15. The van der Waals surface area contributed by atoms with Gasteiger partial charge in [-0.05, 0) is 46.9 Å². The molecule has 1 saturated heterocycles. The van der Waals surface area contributed by atoms with E-state index in [0.29, 0.717) is 22.9 Å². The molecule has 1 aromatic carbocycles. The Bertz CT molecular complexity index is 777. The molecule has 1 aliphatic rings. The number of halogens is 1. The zero-order chi connectivity index (χ0) is 18.5. The predicted molar refractivity (Wildman–Crippen MR) is 107 cm³/mol. The molecular weight excluding hydrogens is 449 g/mol. The van der Waals surface area contributed by atoms with Gasteiger partial charge in [0.2, 0.25) is 0 Å². The van der Waals surface area contributed by atoms with Crippen LogP contribution in [0.15, 0.2) is 30.5 Å². The van der Waals surface area contributed by atoms with E-state index in [-0.39, 0.29) is 5.91 Å². The lowest BCUT2D eigenvalue weighted by Gasteiger charge is -2.28. The van der Waals surface area contributed by atoms with Crippen LogP contribution in [0.3, 0.4) is 0 Å². The van der Waals surface area contributed by atoms with E-state index in [4.69, 9.17) is 14.2 Å². The molecule has 7 nitrogen and oxygen atoms in total. The van der Waals surface area contributed by atoms with Crippen LogP contribution in [0.2, 0.25) is 0 Å². The summed E-state index contributed by atoms with van der Waals surface area (Å²) < 4.78 is 16.6. The van der Waals surface area contributed by atoms with E-state index >= 15 is 0 Å². The monoisotopic (exact) mass is 469 g/mol. The summed E-state index contributed by atoms with van der Waals surface area (Å²) in [7, 11) is 3.10. The van der Waals surface area contributed by atoms with Crippen LogP contribution in [0.5, 0.6) is 11.5 Å². The summed E-state index contributed by atoms with van der Waals surface area (Å²) in [6.07, 6.45) is 1.76. The smallest absolute Gasteiger partial charge is 0.258 e. The standard InChI is InChI=1S/C18H20IN3O4/c1-24-15-9-13(14(19)10-16(15)25-2)18(23)21-17-4-3-12(11-20-17)22-5-7-26-8-6-22/h3-4,9-11H,5-8H2,1-2H3,(H,20,21,23). The number of rotatable bonds is 5. The van der Waals surface area contributed by atoms with Gasteiger partial charge in [0.05, 0.1) is 44.9 Å². The second kappa shape index (κ2) is 8.54. The molecule has 2 heterocycles. The Balaban J connectivity index is 1.73. The highest BCUT2D eigenvalue weighted by atomic mass is 127. The fourth-order valence-corrected chi connectivity index (χ4v) is 3.36. The number of methoxy groups -OCH3 is 2. The second-order valence-corrected chi connectivity index (χ2v) is 6.80. The van der Waals surface area contributed by atoms with Crippen LogP contribution in [0.1, 0.15) is 10.4 Å². The predicted octanol–water partition coefficient (Wildman–Crippen LogP) is 2.79. The number of nitrogens with zero attached hydrogens (tertiary/aromatic N) is 2. The molecule has 0 spiro atoms. The van der Waals surface area contributed by atoms with Crippen molar-refractivity contribution in [3.05, 3.63) is 39.6 Å². The Labute approximate surface area is 165 Å². The molecule has 0 bridgehead atoms. The van der Waals surface area contributed by atoms with Crippen LogP contribution in [0.4, 0.5) is 11.5 Å². The molecule has 1 aliphatic heterocycles. The van der Waals surface area contributed by atoms with Gasteiger partial charge < -0.3 is 24.4 Å². The van der Waals surface area contributed by atoms with Crippen molar-refractivity contribution >= 4 is 40.0 Å². The van der Waals surface area contributed by atoms with Crippen molar-refractivity contribution in [2.75, 3.05) is 50.7 Å². The molecule has 1 amide bonds. The van der Waals surface area contributed by atoms with E-state index in [1.807, 2.05) is 6.07 Å². The zero-order valence-electron chi connectivity index (χ0n) is 14.6. The molecule has 2 aromatic rings. The summed E-state index contributed by atoms with van der Waals surface area (Å²) in [5, 5.41) is 2.82. The Morgan fingerprint density at radius 3 is 2.50 bits per heavy atom. The number of aromatic nitrogens is 1. The number of nitrogens with one attached hydrogen (secondary N) is 1. The van der Waals surface area contributed by atoms with Gasteiger partial charge in [-0.1, -0.05) is 0 Å². The summed E-state index contributed by atoms with van der Waals surface area (Å²) in [4.78, 5) is 19.2.